The van der Waals surface area contributed by atoms with E-state index in [0.717, 1.165) is 0 Å². The molecule has 14 heavy (non-hydrogen) atoms. The molecular formula is C9H8BrClO3. The highest BCUT2D eigenvalue weighted by Crippen LogP contribution is 2.35. The Hall–Kier alpha value is -0.740. The SMILES string of the molecule is COC(=O)c1ccc(Cl)c(Br)c1OC. The normalized spacial score (nSPS) is 9.71. The summed E-state index contributed by atoms with van der Waals surface area (Å²) in [7, 11) is 2.77. The largest absolute Gasteiger partial charge is 0.495 e. The van der Waals surface area contributed by atoms with Gasteiger partial charge in [0.25, 0.3) is 0 Å². The standard InChI is InChI=1S/C9H8BrClO3/c1-13-8-5(9(12)14-2)3-4-6(11)7(8)10/h3-4H,1-2H3. The van der Waals surface area contributed by atoms with Crippen LogP contribution in [-0.4, -0.2) is 20.2 Å². The molecule has 0 N–H and O–H groups in total. The molecular weight excluding hydrogens is 271 g/mol. The van der Waals surface area contributed by atoms with Crippen LogP contribution in [0.2, 0.25) is 5.02 Å². The first-order valence-corrected chi connectivity index (χ1v) is 4.89. The zero-order chi connectivity index (χ0) is 10.7. The number of hydrogen-bond donors (Lipinski definition) is 0. The molecule has 0 unspecified atom stereocenters. The number of rotatable bonds is 2. The summed E-state index contributed by atoms with van der Waals surface area (Å²) >= 11 is 9.06. The third-order valence-electron chi connectivity index (χ3n) is 1.66. The molecule has 0 heterocycles. The van der Waals surface area contributed by atoms with Crippen molar-refractivity contribution in [2.75, 3.05) is 14.2 Å². The Kier molecular flexibility index (Phi) is 3.77. The third-order valence-corrected chi connectivity index (χ3v) is 2.99. The number of benzene rings is 1. The van der Waals surface area contributed by atoms with Crippen LogP contribution in [0.15, 0.2) is 16.6 Å². The van der Waals surface area contributed by atoms with E-state index in [0.29, 0.717) is 20.8 Å². The first-order chi connectivity index (χ1) is 6.61. The number of methoxy groups -OCH3 is 2. The molecule has 0 atom stereocenters. The molecule has 3 nitrogen and oxygen atoms in total. The second kappa shape index (κ2) is 4.66. The van der Waals surface area contributed by atoms with E-state index in [1.54, 1.807) is 12.1 Å². The Bertz CT molecular complexity index is 365. The molecule has 0 aliphatic carbocycles. The predicted molar refractivity (Wildman–Crippen MR) is 57.0 cm³/mol. The summed E-state index contributed by atoms with van der Waals surface area (Å²) in [5.74, 6) is -0.0800. The summed E-state index contributed by atoms with van der Waals surface area (Å²) in [6.07, 6.45) is 0. The van der Waals surface area contributed by atoms with Crippen LogP contribution in [0.4, 0.5) is 0 Å². The average molecular weight is 280 g/mol. The first kappa shape index (κ1) is 11.3. The molecule has 5 heteroatoms. The minimum Gasteiger partial charge on any atom is -0.495 e. The van der Waals surface area contributed by atoms with Crippen LogP contribution in [0.3, 0.4) is 0 Å². The fourth-order valence-corrected chi connectivity index (χ4v) is 1.66. The van der Waals surface area contributed by atoms with E-state index in [1.165, 1.54) is 14.2 Å². The molecule has 0 aromatic heterocycles. The first-order valence-electron chi connectivity index (χ1n) is 3.72. The second-order valence-corrected chi connectivity index (χ2v) is 3.63. The molecule has 0 saturated heterocycles. The maximum absolute atomic E-state index is 11.3. The lowest BCUT2D eigenvalue weighted by Gasteiger charge is -2.09. The molecule has 0 saturated carbocycles. The molecule has 0 radical (unpaired) electrons. The van der Waals surface area contributed by atoms with Gasteiger partial charge >= 0.3 is 5.97 Å². The van der Waals surface area contributed by atoms with Crippen LogP contribution < -0.4 is 4.74 Å². The minimum atomic E-state index is -0.459. The van der Waals surface area contributed by atoms with Gasteiger partial charge in [-0.25, -0.2) is 4.79 Å². The van der Waals surface area contributed by atoms with Crippen molar-refractivity contribution in [2.24, 2.45) is 0 Å². The number of carbonyl (C=O) groups excluding carboxylic acids is 1. The van der Waals surface area contributed by atoms with Gasteiger partial charge in [-0.1, -0.05) is 11.6 Å². The van der Waals surface area contributed by atoms with E-state index in [9.17, 15) is 4.79 Å². The smallest absolute Gasteiger partial charge is 0.341 e. The Morgan fingerprint density at radius 1 is 1.43 bits per heavy atom. The lowest BCUT2D eigenvalue weighted by Crippen LogP contribution is -2.04. The van der Waals surface area contributed by atoms with Gasteiger partial charge in [-0.05, 0) is 28.1 Å². The van der Waals surface area contributed by atoms with Crippen LogP contribution in [0.1, 0.15) is 10.4 Å². The van der Waals surface area contributed by atoms with Crippen LogP contribution in [0.5, 0.6) is 5.75 Å². The fourth-order valence-electron chi connectivity index (χ4n) is 1.00. The van der Waals surface area contributed by atoms with Crippen LogP contribution in [0.25, 0.3) is 0 Å². The molecule has 0 fully saturated rings. The molecule has 1 aromatic carbocycles. The number of carbonyl (C=O) groups is 1. The summed E-state index contributed by atoms with van der Waals surface area (Å²) < 4.78 is 10.2. The van der Waals surface area contributed by atoms with Crippen LogP contribution in [0, 0.1) is 0 Å². The van der Waals surface area contributed by atoms with E-state index in [2.05, 4.69) is 20.7 Å². The highest BCUT2D eigenvalue weighted by atomic mass is 79.9. The van der Waals surface area contributed by atoms with Crippen molar-refractivity contribution in [2.45, 2.75) is 0 Å². The average Bonchev–Trinajstić information content (AvgIpc) is 2.20. The Morgan fingerprint density at radius 3 is 2.57 bits per heavy atom. The van der Waals surface area contributed by atoms with Crippen molar-refractivity contribution in [1.29, 1.82) is 0 Å². The monoisotopic (exact) mass is 278 g/mol. The highest BCUT2D eigenvalue weighted by molar-refractivity contribution is 9.10. The maximum atomic E-state index is 11.3. The zero-order valence-electron chi connectivity index (χ0n) is 7.64. The number of esters is 1. The molecule has 1 aromatic rings. The molecule has 0 aliphatic rings. The predicted octanol–water partition coefficient (Wildman–Crippen LogP) is 2.90. The number of ether oxygens (including phenoxy) is 2. The molecule has 0 bridgehead atoms. The van der Waals surface area contributed by atoms with Gasteiger partial charge in [0.15, 0.2) is 0 Å². The molecule has 0 amide bonds. The van der Waals surface area contributed by atoms with Gasteiger partial charge in [-0.2, -0.15) is 0 Å². The van der Waals surface area contributed by atoms with Gasteiger partial charge in [0, 0.05) is 0 Å². The maximum Gasteiger partial charge on any atom is 0.341 e. The van der Waals surface area contributed by atoms with Gasteiger partial charge in [-0.15, -0.1) is 0 Å². The third kappa shape index (κ3) is 2.01. The van der Waals surface area contributed by atoms with Crippen molar-refractivity contribution in [3.05, 3.63) is 27.2 Å². The van der Waals surface area contributed by atoms with E-state index in [1.807, 2.05) is 0 Å². The summed E-state index contributed by atoms with van der Waals surface area (Å²) in [5.41, 5.74) is 0.339. The van der Waals surface area contributed by atoms with Crippen molar-refractivity contribution in [3.8, 4) is 5.75 Å². The summed E-state index contributed by atoms with van der Waals surface area (Å²) in [6.45, 7) is 0. The summed E-state index contributed by atoms with van der Waals surface area (Å²) in [5, 5.41) is 0.481. The van der Waals surface area contributed by atoms with Crippen molar-refractivity contribution < 1.29 is 14.3 Å². The fraction of sp³-hybridized carbons (Fsp3) is 0.222. The van der Waals surface area contributed by atoms with Crippen molar-refractivity contribution in [1.82, 2.24) is 0 Å². The van der Waals surface area contributed by atoms with E-state index in [4.69, 9.17) is 16.3 Å². The zero-order valence-corrected chi connectivity index (χ0v) is 9.98. The lowest BCUT2D eigenvalue weighted by atomic mass is 10.2. The summed E-state index contributed by atoms with van der Waals surface area (Å²) in [4.78, 5) is 11.3. The number of hydrogen-bond acceptors (Lipinski definition) is 3. The molecule has 0 aliphatic heterocycles. The van der Waals surface area contributed by atoms with Gasteiger partial charge in [0.05, 0.1) is 23.7 Å². The lowest BCUT2D eigenvalue weighted by molar-refractivity contribution is 0.0597. The molecule has 76 valence electrons. The van der Waals surface area contributed by atoms with Gasteiger partial charge in [0.2, 0.25) is 0 Å². The van der Waals surface area contributed by atoms with Crippen molar-refractivity contribution in [3.63, 3.8) is 0 Å². The second-order valence-electron chi connectivity index (χ2n) is 2.43. The van der Waals surface area contributed by atoms with Gasteiger partial charge < -0.3 is 9.47 Å². The molecule has 0 spiro atoms. The minimum absolute atomic E-state index is 0.339. The van der Waals surface area contributed by atoms with Crippen molar-refractivity contribution >= 4 is 33.5 Å². The van der Waals surface area contributed by atoms with E-state index >= 15 is 0 Å². The summed E-state index contributed by atoms with van der Waals surface area (Å²) in [6, 6.07) is 3.15. The Morgan fingerprint density at radius 2 is 2.07 bits per heavy atom. The van der Waals surface area contributed by atoms with Crippen LogP contribution >= 0.6 is 27.5 Å². The van der Waals surface area contributed by atoms with Gasteiger partial charge in [-0.3, -0.25) is 0 Å². The quantitative estimate of drug-likeness (QED) is 0.781. The Labute approximate surface area is 95.1 Å². The highest BCUT2D eigenvalue weighted by Gasteiger charge is 2.17. The van der Waals surface area contributed by atoms with Crippen LogP contribution in [-0.2, 0) is 4.74 Å². The molecule has 1 rings (SSSR count). The van der Waals surface area contributed by atoms with E-state index < -0.39 is 5.97 Å². The Balaban J connectivity index is 3.31. The topological polar surface area (TPSA) is 35.5 Å². The number of halogens is 2. The van der Waals surface area contributed by atoms with Gasteiger partial charge in [0.1, 0.15) is 11.3 Å². The van der Waals surface area contributed by atoms with E-state index in [-0.39, 0.29) is 0 Å².